The quantitative estimate of drug-likeness (QED) is 0.833. The summed E-state index contributed by atoms with van der Waals surface area (Å²) >= 11 is 0. The van der Waals surface area contributed by atoms with Crippen molar-refractivity contribution in [3.05, 3.63) is 29.3 Å². The Hall–Kier alpha value is -1.53. The van der Waals surface area contributed by atoms with E-state index in [1.165, 1.54) is 11.1 Å². The highest BCUT2D eigenvalue weighted by Gasteiger charge is 2.18. The molecule has 0 atom stereocenters. The summed E-state index contributed by atoms with van der Waals surface area (Å²) in [5.74, 6) is 1.25. The van der Waals surface area contributed by atoms with E-state index in [-0.39, 0.29) is 5.92 Å². The minimum atomic E-state index is 0.260. The molecule has 2 rings (SSSR count). The van der Waals surface area contributed by atoms with E-state index < -0.39 is 0 Å². The minimum Gasteiger partial charge on any atom is -0.492 e. The molecule has 1 aliphatic heterocycles. The van der Waals surface area contributed by atoms with Crippen LogP contribution in [0.3, 0.4) is 0 Å². The zero-order valence-corrected chi connectivity index (χ0v) is 11.9. The van der Waals surface area contributed by atoms with Crippen molar-refractivity contribution in [1.82, 2.24) is 4.90 Å². The molecule has 0 radical (unpaired) electrons. The highest BCUT2D eigenvalue weighted by molar-refractivity contribution is 5.35. The van der Waals surface area contributed by atoms with Crippen molar-refractivity contribution < 1.29 is 4.74 Å². The first-order valence-corrected chi connectivity index (χ1v) is 7.01. The Labute approximate surface area is 115 Å². The fourth-order valence-corrected chi connectivity index (χ4v) is 2.43. The van der Waals surface area contributed by atoms with E-state index in [0.717, 1.165) is 44.8 Å². The molecule has 0 unspecified atom stereocenters. The number of likely N-dealkylation sites (tertiary alicyclic amines) is 1. The molecule has 0 saturated carbocycles. The number of hydrogen-bond acceptors (Lipinski definition) is 3. The van der Waals surface area contributed by atoms with Crippen LogP contribution in [-0.2, 0) is 0 Å². The molecule has 1 heterocycles. The summed E-state index contributed by atoms with van der Waals surface area (Å²) in [4.78, 5) is 2.39. The van der Waals surface area contributed by atoms with Gasteiger partial charge >= 0.3 is 0 Å². The average molecular weight is 258 g/mol. The van der Waals surface area contributed by atoms with Crippen LogP contribution < -0.4 is 4.74 Å². The van der Waals surface area contributed by atoms with Gasteiger partial charge in [-0.1, -0.05) is 12.1 Å². The predicted molar refractivity (Wildman–Crippen MR) is 76.2 cm³/mol. The Morgan fingerprint density at radius 3 is 2.74 bits per heavy atom. The number of hydrogen-bond donors (Lipinski definition) is 0. The van der Waals surface area contributed by atoms with Gasteiger partial charge < -0.3 is 4.74 Å². The zero-order chi connectivity index (χ0) is 13.7. The topological polar surface area (TPSA) is 36.3 Å². The second-order valence-corrected chi connectivity index (χ2v) is 5.36. The number of rotatable bonds is 4. The third kappa shape index (κ3) is 3.97. The van der Waals surface area contributed by atoms with Crippen molar-refractivity contribution in [1.29, 1.82) is 5.26 Å². The Balaban J connectivity index is 1.75. The van der Waals surface area contributed by atoms with E-state index in [9.17, 15) is 0 Å². The molecule has 3 heteroatoms. The SMILES string of the molecule is Cc1ccc(C)c(OCCN2CCC(C#N)CC2)c1. The van der Waals surface area contributed by atoms with Crippen LogP contribution in [0.15, 0.2) is 18.2 Å². The van der Waals surface area contributed by atoms with Gasteiger partial charge in [0.2, 0.25) is 0 Å². The standard InChI is InChI=1S/C16H22N2O/c1-13-3-4-14(2)16(11-13)19-10-9-18-7-5-15(12-17)6-8-18/h3-4,11,15H,5-10H2,1-2H3. The van der Waals surface area contributed by atoms with Crippen molar-refractivity contribution in [2.24, 2.45) is 5.92 Å². The smallest absolute Gasteiger partial charge is 0.122 e. The van der Waals surface area contributed by atoms with Gasteiger partial charge in [0.1, 0.15) is 12.4 Å². The van der Waals surface area contributed by atoms with Gasteiger partial charge in [-0.15, -0.1) is 0 Å². The molecular weight excluding hydrogens is 236 g/mol. The number of benzene rings is 1. The highest BCUT2D eigenvalue weighted by Crippen LogP contribution is 2.19. The van der Waals surface area contributed by atoms with E-state index in [1.54, 1.807) is 0 Å². The molecule has 0 spiro atoms. The highest BCUT2D eigenvalue weighted by atomic mass is 16.5. The summed E-state index contributed by atoms with van der Waals surface area (Å²) in [7, 11) is 0. The maximum Gasteiger partial charge on any atom is 0.122 e. The molecule has 102 valence electrons. The number of aryl methyl sites for hydroxylation is 2. The van der Waals surface area contributed by atoms with E-state index in [4.69, 9.17) is 10.00 Å². The molecule has 0 bridgehead atoms. The molecule has 1 fully saturated rings. The van der Waals surface area contributed by atoms with Crippen molar-refractivity contribution in [3.63, 3.8) is 0 Å². The first-order valence-electron chi connectivity index (χ1n) is 7.01. The van der Waals surface area contributed by atoms with Crippen molar-refractivity contribution in [2.75, 3.05) is 26.2 Å². The van der Waals surface area contributed by atoms with Crippen molar-refractivity contribution >= 4 is 0 Å². The molecule has 1 aromatic rings. The fraction of sp³-hybridized carbons (Fsp3) is 0.562. The van der Waals surface area contributed by atoms with E-state index in [2.05, 4.69) is 43.0 Å². The normalized spacial score (nSPS) is 17.1. The van der Waals surface area contributed by atoms with Crippen LogP contribution in [0.5, 0.6) is 5.75 Å². The van der Waals surface area contributed by atoms with Gasteiger partial charge in [0.25, 0.3) is 0 Å². The van der Waals surface area contributed by atoms with Crippen LogP contribution >= 0.6 is 0 Å². The molecular formula is C16H22N2O. The Bertz CT molecular complexity index is 456. The van der Waals surface area contributed by atoms with E-state index >= 15 is 0 Å². The Morgan fingerprint density at radius 2 is 2.05 bits per heavy atom. The molecule has 0 aromatic heterocycles. The lowest BCUT2D eigenvalue weighted by Gasteiger charge is -2.28. The summed E-state index contributed by atoms with van der Waals surface area (Å²) in [6, 6.07) is 8.66. The Kier molecular flexibility index (Phi) is 4.81. The number of piperidine rings is 1. The molecule has 19 heavy (non-hydrogen) atoms. The molecule has 0 aliphatic carbocycles. The van der Waals surface area contributed by atoms with E-state index in [1.807, 2.05) is 0 Å². The van der Waals surface area contributed by atoms with Gasteiger partial charge in [0.05, 0.1) is 6.07 Å². The molecule has 1 saturated heterocycles. The lowest BCUT2D eigenvalue weighted by molar-refractivity contribution is 0.168. The first kappa shape index (κ1) is 13.9. The largest absolute Gasteiger partial charge is 0.492 e. The lowest BCUT2D eigenvalue weighted by atomic mass is 9.99. The minimum absolute atomic E-state index is 0.260. The number of ether oxygens (including phenoxy) is 1. The maximum absolute atomic E-state index is 8.87. The molecule has 1 aromatic carbocycles. The number of nitrogens with zero attached hydrogens (tertiary/aromatic N) is 2. The van der Waals surface area contributed by atoms with Crippen molar-refractivity contribution in [2.45, 2.75) is 26.7 Å². The van der Waals surface area contributed by atoms with Gasteiger partial charge in [-0.05, 0) is 57.0 Å². The summed E-state index contributed by atoms with van der Waals surface area (Å²) in [6.45, 7) is 7.88. The maximum atomic E-state index is 8.87. The van der Waals surface area contributed by atoms with Crippen LogP contribution in [0, 0.1) is 31.1 Å². The third-order valence-corrected chi connectivity index (χ3v) is 3.78. The van der Waals surface area contributed by atoms with Gasteiger partial charge in [-0.2, -0.15) is 5.26 Å². The third-order valence-electron chi connectivity index (χ3n) is 3.78. The second kappa shape index (κ2) is 6.58. The lowest BCUT2D eigenvalue weighted by Crippen LogP contribution is -2.36. The van der Waals surface area contributed by atoms with Crippen LogP contribution in [0.25, 0.3) is 0 Å². The van der Waals surface area contributed by atoms with Gasteiger partial charge in [0, 0.05) is 12.5 Å². The van der Waals surface area contributed by atoms with Crippen LogP contribution in [0.1, 0.15) is 24.0 Å². The molecule has 1 aliphatic rings. The summed E-state index contributed by atoms with van der Waals surface area (Å²) in [6.07, 6.45) is 2.00. The van der Waals surface area contributed by atoms with Gasteiger partial charge in [0.15, 0.2) is 0 Å². The zero-order valence-electron chi connectivity index (χ0n) is 11.9. The van der Waals surface area contributed by atoms with Crippen LogP contribution in [0.2, 0.25) is 0 Å². The molecule has 0 N–H and O–H groups in total. The van der Waals surface area contributed by atoms with Crippen molar-refractivity contribution in [3.8, 4) is 11.8 Å². The first-order chi connectivity index (χ1) is 9.19. The van der Waals surface area contributed by atoms with Gasteiger partial charge in [-0.3, -0.25) is 4.90 Å². The van der Waals surface area contributed by atoms with E-state index in [0.29, 0.717) is 0 Å². The average Bonchev–Trinajstić information content (AvgIpc) is 2.43. The molecule has 3 nitrogen and oxygen atoms in total. The second-order valence-electron chi connectivity index (χ2n) is 5.36. The van der Waals surface area contributed by atoms with Crippen LogP contribution in [-0.4, -0.2) is 31.1 Å². The summed E-state index contributed by atoms with van der Waals surface area (Å²) in [5, 5.41) is 8.87. The summed E-state index contributed by atoms with van der Waals surface area (Å²) < 4.78 is 5.87. The number of nitriles is 1. The fourth-order valence-electron chi connectivity index (χ4n) is 2.43. The Morgan fingerprint density at radius 1 is 1.32 bits per heavy atom. The van der Waals surface area contributed by atoms with Crippen LogP contribution in [0.4, 0.5) is 0 Å². The predicted octanol–water partition coefficient (Wildman–Crippen LogP) is 2.92. The summed E-state index contributed by atoms with van der Waals surface area (Å²) in [5.41, 5.74) is 2.42. The monoisotopic (exact) mass is 258 g/mol. The molecule has 0 amide bonds. The van der Waals surface area contributed by atoms with Gasteiger partial charge in [-0.25, -0.2) is 0 Å².